The second kappa shape index (κ2) is 7.75. The first-order chi connectivity index (χ1) is 14.3. The lowest BCUT2D eigenvalue weighted by Crippen LogP contribution is -2.51. The van der Waals surface area contributed by atoms with E-state index < -0.39 is 0 Å². The van der Waals surface area contributed by atoms with Crippen LogP contribution >= 0.6 is 0 Å². The number of Topliss-reactive ketones (excluding diaryl/α,β-unsaturated/α-hetero) is 1. The Morgan fingerprint density at radius 2 is 1.83 bits per heavy atom. The highest BCUT2D eigenvalue weighted by Gasteiger charge is 2.61. The number of allylic oxidation sites excluding steroid dienone is 1. The standard InChI is InChI=1S/C28H44O2/c1-18(29)26-20(15-19-7-5-4-6-8-19)16-25-23-10-9-21-17-22(30)11-13-27(21,2)24(23)12-14-28(25,26)3/h9,19-20,22-26,30H,4-8,10-17H2,1-3H3/t20-,22?,23?,24?,25?,26?,27?,28?/m1/s1. The second-order valence-corrected chi connectivity index (χ2v) is 12.5. The van der Waals surface area contributed by atoms with Crippen molar-refractivity contribution in [2.24, 2.45) is 46.3 Å². The van der Waals surface area contributed by atoms with Crippen LogP contribution in [0.2, 0.25) is 0 Å². The van der Waals surface area contributed by atoms with Gasteiger partial charge < -0.3 is 5.11 Å². The Morgan fingerprint density at radius 1 is 1.07 bits per heavy atom. The van der Waals surface area contributed by atoms with Gasteiger partial charge in [-0.1, -0.05) is 57.6 Å². The van der Waals surface area contributed by atoms with Gasteiger partial charge in [-0.25, -0.2) is 0 Å². The molecule has 0 heterocycles. The highest BCUT2D eigenvalue weighted by Crippen LogP contribution is 2.68. The molecule has 8 atom stereocenters. The molecule has 168 valence electrons. The predicted octanol–water partition coefficient (Wildman–Crippen LogP) is 6.71. The van der Waals surface area contributed by atoms with Crippen molar-refractivity contribution < 1.29 is 9.90 Å². The average molecular weight is 413 g/mol. The summed E-state index contributed by atoms with van der Waals surface area (Å²) in [5, 5.41) is 10.3. The molecule has 0 spiro atoms. The molecule has 4 fully saturated rings. The van der Waals surface area contributed by atoms with Crippen molar-refractivity contribution in [3.05, 3.63) is 11.6 Å². The Hall–Kier alpha value is -0.630. The summed E-state index contributed by atoms with van der Waals surface area (Å²) in [5.41, 5.74) is 2.09. The molecule has 0 aromatic heterocycles. The summed E-state index contributed by atoms with van der Waals surface area (Å²) in [7, 11) is 0. The van der Waals surface area contributed by atoms with Crippen molar-refractivity contribution in [2.75, 3.05) is 0 Å². The number of aliphatic hydroxyl groups is 1. The topological polar surface area (TPSA) is 37.3 Å². The van der Waals surface area contributed by atoms with E-state index in [2.05, 4.69) is 19.9 Å². The maximum Gasteiger partial charge on any atom is 0.133 e. The minimum atomic E-state index is -0.122. The minimum Gasteiger partial charge on any atom is -0.393 e. The first-order valence-electron chi connectivity index (χ1n) is 13.2. The largest absolute Gasteiger partial charge is 0.393 e. The molecular weight excluding hydrogens is 368 g/mol. The highest BCUT2D eigenvalue weighted by atomic mass is 16.3. The zero-order valence-corrected chi connectivity index (χ0v) is 19.7. The summed E-state index contributed by atoms with van der Waals surface area (Å²) in [6.07, 6.45) is 18.9. The van der Waals surface area contributed by atoms with Crippen LogP contribution < -0.4 is 0 Å². The number of carbonyl (C=O) groups is 1. The maximum atomic E-state index is 13.0. The number of hydrogen-bond acceptors (Lipinski definition) is 2. The number of hydrogen-bond donors (Lipinski definition) is 1. The first-order valence-corrected chi connectivity index (χ1v) is 13.2. The Kier molecular flexibility index (Phi) is 5.48. The highest BCUT2D eigenvalue weighted by molar-refractivity contribution is 5.80. The van der Waals surface area contributed by atoms with E-state index >= 15 is 0 Å². The molecule has 0 aromatic carbocycles. The van der Waals surface area contributed by atoms with Crippen LogP contribution in [-0.2, 0) is 4.79 Å². The van der Waals surface area contributed by atoms with Crippen LogP contribution in [0.1, 0.15) is 104 Å². The molecule has 0 aliphatic heterocycles. The van der Waals surface area contributed by atoms with E-state index in [4.69, 9.17) is 0 Å². The fourth-order valence-corrected chi connectivity index (χ4v) is 9.70. The predicted molar refractivity (Wildman–Crippen MR) is 122 cm³/mol. The fraction of sp³-hybridized carbons (Fsp3) is 0.893. The summed E-state index contributed by atoms with van der Waals surface area (Å²) in [5.74, 6) is 4.54. The molecule has 5 aliphatic carbocycles. The molecule has 2 heteroatoms. The molecule has 0 aromatic rings. The van der Waals surface area contributed by atoms with E-state index in [1.165, 1.54) is 64.2 Å². The zero-order chi connectivity index (χ0) is 21.1. The van der Waals surface area contributed by atoms with E-state index in [-0.39, 0.29) is 11.5 Å². The Labute approximate surface area is 184 Å². The molecule has 0 bridgehead atoms. The van der Waals surface area contributed by atoms with Crippen LogP contribution in [0.25, 0.3) is 0 Å². The first kappa shape index (κ1) is 21.2. The quantitative estimate of drug-likeness (QED) is 0.523. The van der Waals surface area contributed by atoms with E-state index in [0.717, 1.165) is 42.9 Å². The van der Waals surface area contributed by atoms with Crippen LogP contribution in [0.4, 0.5) is 0 Å². The van der Waals surface area contributed by atoms with Gasteiger partial charge in [-0.2, -0.15) is 0 Å². The number of rotatable bonds is 3. The molecule has 7 unspecified atom stereocenters. The third-order valence-electron chi connectivity index (χ3n) is 11.1. The third-order valence-corrected chi connectivity index (χ3v) is 11.1. The molecule has 0 saturated heterocycles. The van der Waals surface area contributed by atoms with Gasteiger partial charge in [-0.05, 0) is 98.7 Å². The lowest BCUT2D eigenvalue weighted by Gasteiger charge is -2.57. The van der Waals surface area contributed by atoms with E-state index in [0.29, 0.717) is 23.0 Å². The van der Waals surface area contributed by atoms with Gasteiger partial charge in [0.15, 0.2) is 0 Å². The normalized spacial score (nSPS) is 49.0. The van der Waals surface area contributed by atoms with Crippen LogP contribution in [0.15, 0.2) is 11.6 Å². The molecule has 0 amide bonds. The fourth-order valence-electron chi connectivity index (χ4n) is 9.70. The Morgan fingerprint density at radius 3 is 2.57 bits per heavy atom. The molecule has 2 nitrogen and oxygen atoms in total. The summed E-state index contributed by atoms with van der Waals surface area (Å²) < 4.78 is 0. The van der Waals surface area contributed by atoms with E-state index in [9.17, 15) is 9.90 Å². The number of ketones is 1. The van der Waals surface area contributed by atoms with Crippen molar-refractivity contribution in [1.29, 1.82) is 0 Å². The SMILES string of the molecule is CC(=O)C1[C@H](CC2CCCCC2)CC2C3CC=C4CC(O)CCC4(C)C3CCC21C. The minimum absolute atomic E-state index is 0.122. The van der Waals surface area contributed by atoms with Gasteiger partial charge in [0, 0.05) is 5.92 Å². The second-order valence-electron chi connectivity index (χ2n) is 12.5. The summed E-state index contributed by atoms with van der Waals surface area (Å²) in [6, 6.07) is 0. The van der Waals surface area contributed by atoms with Crippen molar-refractivity contribution in [2.45, 2.75) is 110 Å². The molecule has 5 aliphatic rings. The molecule has 4 saturated carbocycles. The lowest BCUT2D eigenvalue weighted by atomic mass is 9.47. The average Bonchev–Trinajstić information content (AvgIpc) is 3.01. The molecule has 30 heavy (non-hydrogen) atoms. The zero-order valence-electron chi connectivity index (χ0n) is 19.7. The van der Waals surface area contributed by atoms with Crippen molar-refractivity contribution >= 4 is 5.78 Å². The van der Waals surface area contributed by atoms with E-state index in [1.807, 2.05) is 6.92 Å². The van der Waals surface area contributed by atoms with Gasteiger partial charge in [-0.3, -0.25) is 4.79 Å². The number of fused-ring (bicyclic) bond motifs is 5. The Bertz CT molecular complexity index is 703. The Balaban J connectivity index is 1.42. The van der Waals surface area contributed by atoms with Gasteiger partial charge in [0.2, 0.25) is 0 Å². The van der Waals surface area contributed by atoms with Gasteiger partial charge in [-0.15, -0.1) is 0 Å². The monoisotopic (exact) mass is 412 g/mol. The van der Waals surface area contributed by atoms with Gasteiger partial charge >= 0.3 is 0 Å². The smallest absolute Gasteiger partial charge is 0.133 e. The van der Waals surface area contributed by atoms with Crippen LogP contribution in [-0.4, -0.2) is 17.0 Å². The van der Waals surface area contributed by atoms with Crippen LogP contribution in [0.3, 0.4) is 0 Å². The van der Waals surface area contributed by atoms with Crippen molar-refractivity contribution in [3.63, 3.8) is 0 Å². The molecule has 1 N–H and O–H groups in total. The summed E-state index contributed by atoms with van der Waals surface area (Å²) in [4.78, 5) is 13.0. The summed E-state index contributed by atoms with van der Waals surface area (Å²) in [6.45, 7) is 6.93. The van der Waals surface area contributed by atoms with Crippen molar-refractivity contribution in [1.82, 2.24) is 0 Å². The molecular formula is C28H44O2. The third kappa shape index (κ3) is 3.26. The van der Waals surface area contributed by atoms with Gasteiger partial charge in [0.1, 0.15) is 5.78 Å². The molecule has 0 radical (unpaired) electrons. The summed E-state index contributed by atoms with van der Waals surface area (Å²) >= 11 is 0. The molecule has 5 rings (SSSR count). The number of carbonyl (C=O) groups excluding carboxylic acids is 1. The van der Waals surface area contributed by atoms with Crippen molar-refractivity contribution in [3.8, 4) is 0 Å². The van der Waals surface area contributed by atoms with Crippen LogP contribution in [0.5, 0.6) is 0 Å². The van der Waals surface area contributed by atoms with Gasteiger partial charge in [0.05, 0.1) is 6.10 Å². The lowest BCUT2D eigenvalue weighted by molar-refractivity contribution is -0.129. The number of aliphatic hydroxyl groups excluding tert-OH is 1. The maximum absolute atomic E-state index is 13.0. The van der Waals surface area contributed by atoms with E-state index in [1.54, 1.807) is 5.57 Å². The van der Waals surface area contributed by atoms with Crippen LogP contribution in [0, 0.1) is 46.3 Å². The van der Waals surface area contributed by atoms with Gasteiger partial charge in [0.25, 0.3) is 0 Å².